The van der Waals surface area contributed by atoms with Gasteiger partial charge in [0.1, 0.15) is 0 Å². The number of rotatable bonds is 4. The van der Waals surface area contributed by atoms with Crippen molar-refractivity contribution in [3.63, 3.8) is 0 Å². The molecule has 0 N–H and O–H groups in total. The first kappa shape index (κ1) is 21.5. The van der Waals surface area contributed by atoms with Gasteiger partial charge in [-0.25, -0.2) is 8.42 Å². The molecular formula is C23H23N3O3S2. The second-order valence-electron chi connectivity index (χ2n) is 7.58. The van der Waals surface area contributed by atoms with Gasteiger partial charge in [-0.05, 0) is 44.0 Å². The van der Waals surface area contributed by atoms with E-state index in [0.29, 0.717) is 37.3 Å². The topological polar surface area (TPSA) is 71.7 Å². The molecule has 6 nitrogen and oxygen atoms in total. The number of thiazole rings is 1. The summed E-state index contributed by atoms with van der Waals surface area (Å²) in [6, 6.07) is 14.6. The van der Waals surface area contributed by atoms with Gasteiger partial charge in [-0.1, -0.05) is 47.1 Å². The normalized spacial score (nSPS) is 16.5. The Morgan fingerprint density at radius 1 is 1.16 bits per heavy atom. The van der Waals surface area contributed by atoms with Crippen molar-refractivity contribution in [3.8, 4) is 12.3 Å². The first-order chi connectivity index (χ1) is 14.9. The van der Waals surface area contributed by atoms with E-state index in [0.717, 1.165) is 15.8 Å². The maximum absolute atomic E-state index is 12.9. The molecule has 1 fully saturated rings. The van der Waals surface area contributed by atoms with Crippen LogP contribution in [0.3, 0.4) is 0 Å². The summed E-state index contributed by atoms with van der Waals surface area (Å²) in [5.41, 5.74) is 1.96. The van der Waals surface area contributed by atoms with Crippen LogP contribution >= 0.6 is 11.3 Å². The van der Waals surface area contributed by atoms with Gasteiger partial charge in [0.15, 0.2) is 4.80 Å². The molecule has 3 aromatic rings. The van der Waals surface area contributed by atoms with Crippen LogP contribution in [0, 0.1) is 25.2 Å². The third-order valence-electron chi connectivity index (χ3n) is 5.51. The second-order valence-corrected chi connectivity index (χ2v) is 10.5. The zero-order valence-electron chi connectivity index (χ0n) is 17.2. The maximum atomic E-state index is 12.9. The molecule has 2 aromatic carbocycles. The standard InChI is InChI=1S/C23H23N3O3S2/c1-3-14-26-20-6-4-5-7-21(20)30-23(26)24-22(27)18-12-15-25(16-13-18)31(28,29)19-10-8-17(2)9-11-19/h1,4-11,18H,12-16H2,2H3. The van der Waals surface area contributed by atoms with Gasteiger partial charge in [-0.15, -0.1) is 6.42 Å². The molecule has 0 saturated carbocycles. The van der Waals surface area contributed by atoms with Gasteiger partial charge in [0, 0.05) is 19.0 Å². The van der Waals surface area contributed by atoms with Gasteiger partial charge in [0.2, 0.25) is 10.0 Å². The van der Waals surface area contributed by atoms with Crippen molar-refractivity contribution in [2.24, 2.45) is 10.9 Å². The minimum atomic E-state index is -3.55. The summed E-state index contributed by atoms with van der Waals surface area (Å²) in [7, 11) is -3.55. The van der Waals surface area contributed by atoms with Crippen LogP contribution in [0.15, 0.2) is 58.4 Å². The number of terminal acetylenes is 1. The minimum absolute atomic E-state index is 0.218. The Morgan fingerprint density at radius 2 is 1.84 bits per heavy atom. The highest BCUT2D eigenvalue weighted by Crippen LogP contribution is 2.25. The van der Waals surface area contributed by atoms with E-state index in [4.69, 9.17) is 6.42 Å². The Hall–Kier alpha value is -2.73. The summed E-state index contributed by atoms with van der Waals surface area (Å²) < 4.78 is 30.1. The Kier molecular flexibility index (Phi) is 6.10. The first-order valence-electron chi connectivity index (χ1n) is 10.1. The smallest absolute Gasteiger partial charge is 0.251 e. The average molecular weight is 454 g/mol. The Bertz CT molecular complexity index is 1320. The van der Waals surface area contributed by atoms with Crippen LogP contribution < -0.4 is 4.80 Å². The second kappa shape index (κ2) is 8.79. The van der Waals surface area contributed by atoms with Crippen LogP contribution in [0.5, 0.6) is 0 Å². The average Bonchev–Trinajstić information content (AvgIpc) is 3.11. The number of nitrogens with zero attached hydrogens (tertiary/aromatic N) is 3. The zero-order chi connectivity index (χ0) is 22.0. The van der Waals surface area contributed by atoms with Crippen molar-refractivity contribution in [1.29, 1.82) is 0 Å². The van der Waals surface area contributed by atoms with E-state index < -0.39 is 10.0 Å². The molecule has 0 aliphatic carbocycles. The zero-order valence-corrected chi connectivity index (χ0v) is 18.8. The third-order valence-corrected chi connectivity index (χ3v) is 8.48. The van der Waals surface area contributed by atoms with E-state index in [1.54, 1.807) is 24.3 Å². The molecule has 1 amide bonds. The molecule has 8 heteroatoms. The van der Waals surface area contributed by atoms with E-state index >= 15 is 0 Å². The molecule has 2 heterocycles. The number of hydrogen-bond acceptors (Lipinski definition) is 4. The largest absolute Gasteiger partial charge is 0.305 e. The number of benzene rings is 2. The van der Waals surface area contributed by atoms with Crippen LogP contribution in [-0.2, 0) is 21.4 Å². The van der Waals surface area contributed by atoms with E-state index in [9.17, 15) is 13.2 Å². The molecule has 1 aliphatic heterocycles. The monoisotopic (exact) mass is 453 g/mol. The van der Waals surface area contributed by atoms with Crippen LogP contribution in [-0.4, -0.2) is 36.3 Å². The van der Waals surface area contributed by atoms with Crippen molar-refractivity contribution >= 4 is 37.5 Å². The van der Waals surface area contributed by atoms with E-state index in [2.05, 4.69) is 10.9 Å². The first-order valence-corrected chi connectivity index (χ1v) is 12.3. The highest BCUT2D eigenvalue weighted by molar-refractivity contribution is 7.89. The van der Waals surface area contributed by atoms with E-state index in [-0.39, 0.29) is 16.7 Å². The minimum Gasteiger partial charge on any atom is -0.305 e. The molecule has 0 spiro atoms. The lowest BCUT2D eigenvalue weighted by Gasteiger charge is -2.29. The molecule has 4 rings (SSSR count). The highest BCUT2D eigenvalue weighted by Gasteiger charge is 2.32. The van der Waals surface area contributed by atoms with Gasteiger partial charge in [-0.3, -0.25) is 4.79 Å². The number of para-hydroxylation sites is 1. The number of carbonyl (C=O) groups excluding carboxylic acids is 1. The fourth-order valence-corrected chi connectivity index (χ4v) is 6.24. The van der Waals surface area contributed by atoms with Gasteiger partial charge in [0.05, 0.1) is 21.7 Å². The number of hydrogen-bond donors (Lipinski definition) is 0. The predicted molar refractivity (Wildman–Crippen MR) is 122 cm³/mol. The molecule has 0 unspecified atom stereocenters. The SMILES string of the molecule is C#CCn1c(=NC(=O)C2CCN(S(=O)(=O)c3ccc(C)cc3)CC2)sc2ccccc21. The number of aryl methyl sites for hydroxylation is 1. The lowest BCUT2D eigenvalue weighted by Crippen LogP contribution is -2.40. The highest BCUT2D eigenvalue weighted by atomic mass is 32.2. The van der Waals surface area contributed by atoms with Gasteiger partial charge < -0.3 is 4.57 Å². The van der Waals surface area contributed by atoms with Crippen molar-refractivity contribution in [2.45, 2.75) is 31.2 Å². The fourth-order valence-electron chi connectivity index (χ4n) is 3.74. The Morgan fingerprint density at radius 3 is 2.52 bits per heavy atom. The quantitative estimate of drug-likeness (QED) is 0.570. The molecule has 1 aromatic heterocycles. The van der Waals surface area contributed by atoms with Gasteiger partial charge in [0.25, 0.3) is 5.91 Å². The summed E-state index contributed by atoms with van der Waals surface area (Å²) in [5.74, 6) is 2.11. The molecule has 0 bridgehead atoms. The number of fused-ring (bicyclic) bond motifs is 1. The molecule has 1 saturated heterocycles. The van der Waals surface area contributed by atoms with Crippen molar-refractivity contribution < 1.29 is 13.2 Å². The third kappa shape index (κ3) is 4.35. The van der Waals surface area contributed by atoms with E-state index in [1.807, 2.05) is 35.8 Å². The summed E-state index contributed by atoms with van der Waals surface area (Å²) >= 11 is 1.43. The Balaban J connectivity index is 1.51. The van der Waals surface area contributed by atoms with Gasteiger partial charge >= 0.3 is 0 Å². The molecule has 0 atom stereocenters. The van der Waals surface area contributed by atoms with Crippen LogP contribution in [0.25, 0.3) is 10.2 Å². The number of carbonyl (C=O) groups is 1. The molecule has 0 radical (unpaired) electrons. The lowest BCUT2D eigenvalue weighted by molar-refractivity contribution is -0.122. The predicted octanol–water partition coefficient (Wildman–Crippen LogP) is 3.17. The van der Waals surface area contributed by atoms with E-state index in [1.165, 1.54) is 15.6 Å². The van der Waals surface area contributed by atoms with Crippen molar-refractivity contribution in [2.75, 3.05) is 13.1 Å². The van der Waals surface area contributed by atoms with Crippen molar-refractivity contribution in [3.05, 3.63) is 58.9 Å². The maximum Gasteiger partial charge on any atom is 0.251 e. The van der Waals surface area contributed by atoms with Crippen molar-refractivity contribution in [1.82, 2.24) is 8.87 Å². The van der Waals surface area contributed by atoms with Crippen LogP contribution in [0.2, 0.25) is 0 Å². The lowest BCUT2D eigenvalue weighted by atomic mass is 9.98. The van der Waals surface area contributed by atoms with Crippen LogP contribution in [0.1, 0.15) is 18.4 Å². The van der Waals surface area contributed by atoms with Crippen LogP contribution in [0.4, 0.5) is 0 Å². The molecule has 160 valence electrons. The number of piperidine rings is 1. The number of aromatic nitrogens is 1. The summed E-state index contributed by atoms with van der Waals surface area (Å²) in [5, 5.41) is 0. The molecule has 31 heavy (non-hydrogen) atoms. The molecular weight excluding hydrogens is 430 g/mol. The molecule has 1 aliphatic rings. The summed E-state index contributed by atoms with van der Waals surface area (Å²) in [6.07, 6.45) is 6.41. The number of sulfonamides is 1. The fraction of sp³-hybridized carbons (Fsp3) is 0.304. The summed E-state index contributed by atoms with van der Waals surface area (Å²) in [6.45, 7) is 2.86. The van der Waals surface area contributed by atoms with Gasteiger partial charge in [-0.2, -0.15) is 9.30 Å². The summed E-state index contributed by atoms with van der Waals surface area (Å²) in [4.78, 5) is 18.1. The number of amides is 1. The Labute approximate surface area is 185 Å².